The molecule has 0 aromatic carbocycles. The van der Waals surface area contributed by atoms with Crippen LogP contribution in [0.3, 0.4) is 0 Å². The summed E-state index contributed by atoms with van der Waals surface area (Å²) in [6.07, 6.45) is 4.85. The van der Waals surface area contributed by atoms with E-state index in [1.54, 1.807) is 0 Å². The molecule has 3 nitrogen and oxygen atoms in total. The first-order valence-electron chi connectivity index (χ1n) is 7.11. The van der Waals surface area contributed by atoms with Gasteiger partial charge < -0.3 is 4.57 Å². The van der Waals surface area contributed by atoms with Gasteiger partial charge in [0.25, 0.3) is 0 Å². The Morgan fingerprint density at radius 3 is 2.17 bits per heavy atom. The van der Waals surface area contributed by atoms with Gasteiger partial charge in [0.05, 0.1) is 5.33 Å². The highest BCUT2D eigenvalue weighted by Gasteiger charge is 2.20. The minimum atomic E-state index is 0.569. The molecule has 0 amide bonds. The van der Waals surface area contributed by atoms with Gasteiger partial charge >= 0.3 is 0 Å². The van der Waals surface area contributed by atoms with E-state index in [1.165, 1.54) is 31.5 Å². The van der Waals surface area contributed by atoms with Crippen LogP contribution in [-0.2, 0) is 11.9 Å². The summed E-state index contributed by atoms with van der Waals surface area (Å²) >= 11 is 3.52. The monoisotopic (exact) mass is 315 g/mol. The second kappa shape index (κ2) is 7.93. The van der Waals surface area contributed by atoms with E-state index in [0.717, 1.165) is 17.7 Å². The second-order valence-corrected chi connectivity index (χ2v) is 5.95. The maximum absolute atomic E-state index is 4.46. The summed E-state index contributed by atoms with van der Waals surface area (Å²) in [6.45, 7) is 10.0. The van der Waals surface area contributed by atoms with E-state index in [4.69, 9.17) is 0 Å². The molecule has 0 spiro atoms. The summed E-state index contributed by atoms with van der Waals surface area (Å²) in [7, 11) is 0. The topological polar surface area (TPSA) is 30.7 Å². The van der Waals surface area contributed by atoms with Crippen LogP contribution in [0.1, 0.15) is 70.9 Å². The van der Waals surface area contributed by atoms with E-state index in [2.05, 4.69) is 58.4 Å². The van der Waals surface area contributed by atoms with E-state index in [0.29, 0.717) is 11.8 Å². The molecule has 1 aromatic rings. The van der Waals surface area contributed by atoms with E-state index < -0.39 is 0 Å². The van der Waals surface area contributed by atoms with Gasteiger partial charge in [-0.25, -0.2) is 0 Å². The zero-order valence-corrected chi connectivity index (χ0v) is 13.7. The van der Waals surface area contributed by atoms with Crippen LogP contribution in [0.4, 0.5) is 0 Å². The molecular weight excluding hydrogens is 290 g/mol. The number of nitrogens with zero attached hydrogens (tertiary/aromatic N) is 3. The molecule has 0 aliphatic heterocycles. The van der Waals surface area contributed by atoms with Gasteiger partial charge in [0.2, 0.25) is 0 Å². The molecule has 0 N–H and O–H groups in total. The van der Waals surface area contributed by atoms with Crippen LogP contribution in [0.15, 0.2) is 0 Å². The predicted octanol–water partition coefficient (Wildman–Crippen LogP) is 4.51. The molecule has 0 bridgehead atoms. The van der Waals surface area contributed by atoms with Crippen molar-refractivity contribution in [1.29, 1.82) is 0 Å². The van der Waals surface area contributed by atoms with Crippen molar-refractivity contribution in [3.63, 3.8) is 0 Å². The summed E-state index contributed by atoms with van der Waals surface area (Å²) in [5.74, 6) is 3.46. The summed E-state index contributed by atoms with van der Waals surface area (Å²) in [5.41, 5.74) is 0. The predicted molar refractivity (Wildman–Crippen MR) is 80.0 cm³/mol. The molecule has 1 heterocycles. The van der Waals surface area contributed by atoms with Crippen molar-refractivity contribution in [2.24, 2.45) is 5.92 Å². The molecule has 0 aliphatic rings. The molecule has 0 radical (unpaired) electrons. The molecule has 0 saturated carbocycles. The van der Waals surface area contributed by atoms with Crippen LogP contribution in [0.5, 0.6) is 0 Å². The lowest BCUT2D eigenvalue weighted by atomic mass is 9.97. The van der Waals surface area contributed by atoms with E-state index in [-0.39, 0.29) is 0 Å². The first-order valence-corrected chi connectivity index (χ1v) is 8.24. The van der Waals surface area contributed by atoms with Gasteiger partial charge in [-0.05, 0) is 18.8 Å². The number of hydrogen-bond donors (Lipinski definition) is 0. The van der Waals surface area contributed by atoms with E-state index >= 15 is 0 Å². The fourth-order valence-corrected chi connectivity index (χ4v) is 2.83. The molecular formula is C14H26BrN3. The number of rotatable bonds is 8. The normalized spacial score (nSPS) is 11.7. The van der Waals surface area contributed by atoms with Crippen LogP contribution >= 0.6 is 15.9 Å². The molecule has 1 aromatic heterocycles. The molecule has 0 unspecified atom stereocenters. The zero-order valence-electron chi connectivity index (χ0n) is 12.1. The van der Waals surface area contributed by atoms with Gasteiger partial charge in [-0.3, -0.25) is 0 Å². The van der Waals surface area contributed by atoms with Crippen molar-refractivity contribution in [3.05, 3.63) is 11.6 Å². The Labute approximate surface area is 120 Å². The van der Waals surface area contributed by atoms with Crippen molar-refractivity contribution in [3.8, 4) is 0 Å². The lowest BCUT2D eigenvalue weighted by molar-refractivity contribution is 0.454. The third-order valence-corrected chi connectivity index (χ3v) is 3.66. The van der Waals surface area contributed by atoms with Crippen LogP contribution in [0, 0.1) is 5.92 Å². The van der Waals surface area contributed by atoms with Gasteiger partial charge in [0.1, 0.15) is 11.6 Å². The molecule has 0 aliphatic carbocycles. The highest BCUT2D eigenvalue weighted by atomic mass is 79.9. The average molecular weight is 316 g/mol. The standard InChI is InChI=1S/C14H26BrN3/c1-5-7-12(8-6-2)14-17-16-13(9-15)18(14)10-11(3)4/h11-12H,5-10H2,1-4H3. The molecule has 18 heavy (non-hydrogen) atoms. The molecule has 0 saturated heterocycles. The Balaban J connectivity index is 3.00. The summed E-state index contributed by atoms with van der Waals surface area (Å²) in [6, 6.07) is 0. The summed E-state index contributed by atoms with van der Waals surface area (Å²) in [4.78, 5) is 0. The van der Waals surface area contributed by atoms with Crippen LogP contribution in [0.2, 0.25) is 0 Å². The number of alkyl halides is 1. The van der Waals surface area contributed by atoms with Crippen molar-refractivity contribution >= 4 is 15.9 Å². The molecule has 1 rings (SSSR count). The highest BCUT2D eigenvalue weighted by molar-refractivity contribution is 9.08. The van der Waals surface area contributed by atoms with Crippen LogP contribution < -0.4 is 0 Å². The van der Waals surface area contributed by atoms with Gasteiger partial charge in [-0.15, -0.1) is 10.2 Å². The van der Waals surface area contributed by atoms with E-state index in [9.17, 15) is 0 Å². The van der Waals surface area contributed by atoms with Crippen molar-refractivity contribution < 1.29 is 0 Å². The fraction of sp³-hybridized carbons (Fsp3) is 0.857. The fourth-order valence-electron chi connectivity index (χ4n) is 2.41. The lowest BCUT2D eigenvalue weighted by Crippen LogP contribution is -2.14. The van der Waals surface area contributed by atoms with Crippen molar-refractivity contribution in [2.45, 2.75) is 71.2 Å². The summed E-state index contributed by atoms with van der Waals surface area (Å²) in [5, 5.41) is 9.59. The van der Waals surface area contributed by atoms with Gasteiger partial charge in [0, 0.05) is 12.5 Å². The number of hydrogen-bond acceptors (Lipinski definition) is 2. The minimum Gasteiger partial charge on any atom is -0.314 e. The maximum atomic E-state index is 4.46. The molecule has 0 fully saturated rings. The highest BCUT2D eigenvalue weighted by Crippen LogP contribution is 2.26. The Bertz CT molecular complexity index is 341. The maximum Gasteiger partial charge on any atom is 0.143 e. The quantitative estimate of drug-likeness (QED) is 0.661. The SMILES string of the molecule is CCCC(CCC)c1nnc(CBr)n1CC(C)C. The van der Waals surface area contributed by atoms with Gasteiger partial charge in [-0.1, -0.05) is 56.5 Å². The minimum absolute atomic E-state index is 0.569. The van der Waals surface area contributed by atoms with Crippen LogP contribution in [0.25, 0.3) is 0 Å². The number of aromatic nitrogens is 3. The Hall–Kier alpha value is -0.380. The van der Waals surface area contributed by atoms with E-state index in [1.807, 2.05) is 0 Å². The third-order valence-electron chi connectivity index (χ3n) is 3.16. The number of halogens is 1. The molecule has 0 atom stereocenters. The Kier molecular flexibility index (Phi) is 6.90. The van der Waals surface area contributed by atoms with Crippen molar-refractivity contribution in [2.75, 3.05) is 0 Å². The lowest BCUT2D eigenvalue weighted by Gasteiger charge is -2.18. The van der Waals surface area contributed by atoms with Crippen molar-refractivity contribution in [1.82, 2.24) is 14.8 Å². The average Bonchev–Trinajstić information content (AvgIpc) is 2.71. The second-order valence-electron chi connectivity index (χ2n) is 5.39. The van der Waals surface area contributed by atoms with Gasteiger partial charge in [0.15, 0.2) is 0 Å². The Morgan fingerprint density at radius 2 is 1.72 bits per heavy atom. The first-order chi connectivity index (χ1) is 8.63. The molecule has 4 heteroatoms. The molecule has 104 valence electrons. The Morgan fingerprint density at radius 1 is 1.11 bits per heavy atom. The zero-order chi connectivity index (χ0) is 13.5. The first kappa shape index (κ1) is 15.7. The third kappa shape index (κ3) is 4.08. The smallest absolute Gasteiger partial charge is 0.143 e. The van der Waals surface area contributed by atoms with Crippen LogP contribution in [-0.4, -0.2) is 14.8 Å². The largest absolute Gasteiger partial charge is 0.314 e. The van der Waals surface area contributed by atoms with Gasteiger partial charge in [-0.2, -0.15) is 0 Å². The summed E-state index contributed by atoms with van der Waals surface area (Å²) < 4.78 is 2.33.